The topological polar surface area (TPSA) is 59.2 Å². The van der Waals surface area contributed by atoms with Crippen LogP contribution in [0, 0.1) is 6.92 Å². The summed E-state index contributed by atoms with van der Waals surface area (Å²) in [7, 11) is 0. The molecule has 1 aliphatic heterocycles. The maximum Gasteiger partial charge on any atom is 0.232 e. The highest BCUT2D eigenvalue weighted by Crippen LogP contribution is 2.37. The largest absolute Gasteiger partial charge is 0.339 e. The molecule has 0 saturated carbocycles. The maximum atomic E-state index is 12.6. The minimum atomic E-state index is -0.139. The average molecular weight is 400 g/mol. The molecule has 0 spiro atoms. The smallest absolute Gasteiger partial charge is 0.232 e. The fourth-order valence-corrected chi connectivity index (χ4v) is 4.04. The standard InChI is InChI=1S/C20H18ClN3O2S/c1-12-4-3-5-16(21)18(12)24-11-14(10-17(24)25)20-22-19(23-26-20)13-6-8-15(27-2)9-7-13/h3-9,14H,10-11H2,1-2H3. The SMILES string of the molecule is CSc1ccc(-c2noc(C3CC(=O)N(c4c(C)cccc4Cl)C3)n2)cc1. The number of carbonyl (C=O) groups excluding carboxylic acids is 1. The lowest BCUT2D eigenvalue weighted by Crippen LogP contribution is -2.25. The minimum Gasteiger partial charge on any atom is -0.339 e. The summed E-state index contributed by atoms with van der Waals surface area (Å²) in [4.78, 5) is 20.0. The Morgan fingerprint density at radius 3 is 2.70 bits per heavy atom. The number of para-hydroxylation sites is 1. The summed E-state index contributed by atoms with van der Waals surface area (Å²) >= 11 is 8.01. The molecule has 0 aliphatic carbocycles. The molecule has 1 unspecified atom stereocenters. The Morgan fingerprint density at radius 2 is 2.00 bits per heavy atom. The second-order valence-corrected chi connectivity index (χ2v) is 7.78. The van der Waals surface area contributed by atoms with E-state index in [1.165, 1.54) is 4.90 Å². The Hall–Kier alpha value is -2.31. The van der Waals surface area contributed by atoms with Crippen LogP contribution in [0.25, 0.3) is 11.4 Å². The number of thioether (sulfide) groups is 1. The van der Waals surface area contributed by atoms with E-state index in [1.807, 2.05) is 49.6 Å². The summed E-state index contributed by atoms with van der Waals surface area (Å²) < 4.78 is 5.47. The van der Waals surface area contributed by atoms with Gasteiger partial charge in [0.2, 0.25) is 17.6 Å². The van der Waals surface area contributed by atoms with E-state index >= 15 is 0 Å². The Morgan fingerprint density at radius 1 is 1.22 bits per heavy atom. The Bertz CT molecular complexity index is 967. The zero-order valence-corrected chi connectivity index (χ0v) is 16.5. The van der Waals surface area contributed by atoms with Gasteiger partial charge in [-0.25, -0.2) is 0 Å². The van der Waals surface area contributed by atoms with Crippen LogP contribution in [0.4, 0.5) is 5.69 Å². The van der Waals surface area contributed by atoms with Crippen molar-refractivity contribution >= 4 is 35.0 Å². The second-order valence-electron chi connectivity index (χ2n) is 6.50. The van der Waals surface area contributed by atoms with Crippen LogP contribution >= 0.6 is 23.4 Å². The number of anilines is 1. The van der Waals surface area contributed by atoms with Gasteiger partial charge >= 0.3 is 0 Å². The van der Waals surface area contributed by atoms with Crippen molar-refractivity contribution in [2.45, 2.75) is 24.2 Å². The molecule has 0 bridgehead atoms. The molecular formula is C20H18ClN3O2S. The summed E-state index contributed by atoms with van der Waals surface area (Å²) in [6, 6.07) is 13.6. The summed E-state index contributed by atoms with van der Waals surface area (Å²) in [5.74, 6) is 0.900. The molecule has 7 heteroatoms. The van der Waals surface area contributed by atoms with E-state index in [-0.39, 0.29) is 11.8 Å². The van der Waals surface area contributed by atoms with Crippen molar-refractivity contribution in [1.82, 2.24) is 10.1 Å². The van der Waals surface area contributed by atoms with Crippen molar-refractivity contribution < 1.29 is 9.32 Å². The van der Waals surface area contributed by atoms with Crippen molar-refractivity contribution in [2.75, 3.05) is 17.7 Å². The molecule has 1 saturated heterocycles. The van der Waals surface area contributed by atoms with Gasteiger partial charge < -0.3 is 9.42 Å². The number of aryl methyl sites for hydroxylation is 1. The Kier molecular flexibility index (Phi) is 4.93. The van der Waals surface area contributed by atoms with E-state index in [0.717, 1.165) is 16.8 Å². The zero-order chi connectivity index (χ0) is 19.0. The Balaban J connectivity index is 1.57. The summed E-state index contributed by atoms with van der Waals surface area (Å²) in [6.07, 6.45) is 2.36. The number of carbonyl (C=O) groups is 1. The van der Waals surface area contributed by atoms with Crippen LogP contribution < -0.4 is 4.90 Å². The molecule has 27 heavy (non-hydrogen) atoms. The van der Waals surface area contributed by atoms with Crippen LogP contribution in [0.3, 0.4) is 0 Å². The average Bonchev–Trinajstić information content (AvgIpc) is 3.29. The fraction of sp³-hybridized carbons (Fsp3) is 0.250. The van der Waals surface area contributed by atoms with Crippen molar-refractivity contribution in [3.63, 3.8) is 0 Å². The van der Waals surface area contributed by atoms with Crippen LogP contribution in [-0.2, 0) is 4.79 Å². The molecule has 5 nitrogen and oxygen atoms in total. The second kappa shape index (κ2) is 7.37. The highest BCUT2D eigenvalue weighted by molar-refractivity contribution is 7.98. The van der Waals surface area contributed by atoms with Gasteiger partial charge in [-0.15, -0.1) is 11.8 Å². The summed E-state index contributed by atoms with van der Waals surface area (Å²) in [6.45, 7) is 2.43. The predicted octanol–water partition coefficient (Wildman–Crippen LogP) is 4.94. The molecule has 138 valence electrons. The quantitative estimate of drug-likeness (QED) is 0.581. The first-order valence-corrected chi connectivity index (χ1v) is 10.2. The van der Waals surface area contributed by atoms with E-state index in [2.05, 4.69) is 10.1 Å². The van der Waals surface area contributed by atoms with Gasteiger partial charge in [0.25, 0.3) is 0 Å². The van der Waals surface area contributed by atoms with Crippen molar-refractivity contribution in [2.24, 2.45) is 0 Å². The van der Waals surface area contributed by atoms with Gasteiger partial charge in [0.15, 0.2) is 0 Å². The van der Waals surface area contributed by atoms with E-state index in [4.69, 9.17) is 16.1 Å². The first-order chi connectivity index (χ1) is 13.1. The molecular weight excluding hydrogens is 382 g/mol. The monoisotopic (exact) mass is 399 g/mol. The highest BCUT2D eigenvalue weighted by atomic mass is 35.5. The predicted molar refractivity (Wildman–Crippen MR) is 107 cm³/mol. The first-order valence-electron chi connectivity index (χ1n) is 8.60. The molecule has 2 heterocycles. The Labute approximate surface area is 166 Å². The number of hydrogen-bond acceptors (Lipinski definition) is 5. The first kappa shape index (κ1) is 18.1. The minimum absolute atomic E-state index is 0.0141. The van der Waals surface area contributed by atoms with Crippen molar-refractivity contribution in [1.29, 1.82) is 0 Å². The van der Waals surface area contributed by atoms with Gasteiger partial charge in [-0.3, -0.25) is 4.79 Å². The van der Waals surface area contributed by atoms with Crippen LogP contribution in [0.1, 0.15) is 23.8 Å². The number of nitrogens with zero attached hydrogens (tertiary/aromatic N) is 3. The number of aromatic nitrogens is 2. The van der Waals surface area contributed by atoms with Gasteiger partial charge in [-0.05, 0) is 49.1 Å². The van der Waals surface area contributed by atoms with Gasteiger partial charge in [-0.2, -0.15) is 4.98 Å². The maximum absolute atomic E-state index is 12.6. The van der Waals surface area contributed by atoms with Gasteiger partial charge in [-0.1, -0.05) is 28.9 Å². The van der Waals surface area contributed by atoms with E-state index in [0.29, 0.717) is 29.7 Å². The van der Waals surface area contributed by atoms with Crippen LogP contribution in [0.2, 0.25) is 5.02 Å². The number of rotatable bonds is 4. The molecule has 3 aromatic rings. The molecule has 4 rings (SSSR count). The molecule has 0 N–H and O–H groups in total. The molecule has 1 fully saturated rings. The lowest BCUT2D eigenvalue weighted by Gasteiger charge is -2.20. The highest BCUT2D eigenvalue weighted by Gasteiger charge is 2.36. The lowest BCUT2D eigenvalue weighted by molar-refractivity contribution is -0.117. The van der Waals surface area contributed by atoms with E-state index < -0.39 is 0 Å². The number of benzene rings is 2. The summed E-state index contributed by atoms with van der Waals surface area (Å²) in [5, 5.41) is 4.67. The third-order valence-corrected chi connectivity index (χ3v) is 5.77. The third-order valence-electron chi connectivity index (χ3n) is 4.72. The number of halogens is 1. The molecule has 1 atom stereocenters. The van der Waals surface area contributed by atoms with Crippen molar-refractivity contribution in [3.05, 3.63) is 58.9 Å². The van der Waals surface area contributed by atoms with E-state index in [9.17, 15) is 4.79 Å². The zero-order valence-electron chi connectivity index (χ0n) is 15.0. The van der Waals surface area contributed by atoms with E-state index in [1.54, 1.807) is 22.7 Å². The van der Waals surface area contributed by atoms with Crippen LogP contribution in [0.5, 0.6) is 0 Å². The molecule has 1 aromatic heterocycles. The molecule has 1 aliphatic rings. The van der Waals surface area contributed by atoms with Crippen LogP contribution in [0.15, 0.2) is 51.9 Å². The molecule has 0 radical (unpaired) electrons. The summed E-state index contributed by atoms with van der Waals surface area (Å²) in [5.41, 5.74) is 2.63. The third kappa shape index (κ3) is 3.47. The van der Waals surface area contributed by atoms with Gasteiger partial charge in [0, 0.05) is 23.4 Å². The van der Waals surface area contributed by atoms with Crippen molar-refractivity contribution in [3.8, 4) is 11.4 Å². The lowest BCUT2D eigenvalue weighted by atomic mass is 10.1. The van der Waals surface area contributed by atoms with Crippen LogP contribution in [-0.4, -0.2) is 28.8 Å². The fourth-order valence-electron chi connectivity index (χ4n) is 3.31. The molecule has 2 aromatic carbocycles. The van der Waals surface area contributed by atoms with Gasteiger partial charge in [0.05, 0.1) is 16.6 Å². The molecule has 1 amide bonds. The number of amides is 1. The number of hydrogen-bond donors (Lipinski definition) is 0. The normalized spacial score (nSPS) is 16.9. The van der Waals surface area contributed by atoms with Gasteiger partial charge in [0.1, 0.15) is 0 Å².